The van der Waals surface area contributed by atoms with E-state index in [1.54, 1.807) is 17.9 Å². The maximum absolute atomic E-state index is 13.0. The van der Waals surface area contributed by atoms with Gasteiger partial charge in [0.15, 0.2) is 0 Å². The minimum atomic E-state index is -0.132. The quantitative estimate of drug-likeness (QED) is 0.709. The van der Waals surface area contributed by atoms with Gasteiger partial charge in [-0.3, -0.25) is 4.79 Å². The number of hydrogen-bond acceptors (Lipinski definition) is 4. The predicted molar refractivity (Wildman–Crippen MR) is 109 cm³/mol. The summed E-state index contributed by atoms with van der Waals surface area (Å²) in [6.07, 6.45) is 0. The summed E-state index contributed by atoms with van der Waals surface area (Å²) >= 11 is 0. The molecule has 0 spiro atoms. The SMILES string of the molecule is CCN(C(=O)c1cc(NCc2ccc(C)cc2)nc(C)n1)c1ccccc1. The third-order valence-electron chi connectivity index (χ3n) is 4.28. The molecule has 0 radical (unpaired) electrons. The van der Waals surface area contributed by atoms with Gasteiger partial charge in [-0.05, 0) is 38.5 Å². The second-order valence-corrected chi connectivity index (χ2v) is 6.41. The van der Waals surface area contributed by atoms with E-state index in [-0.39, 0.29) is 5.91 Å². The summed E-state index contributed by atoms with van der Waals surface area (Å²) in [5.41, 5.74) is 3.63. The van der Waals surface area contributed by atoms with Crippen LogP contribution in [0.15, 0.2) is 60.7 Å². The van der Waals surface area contributed by atoms with Crippen LogP contribution >= 0.6 is 0 Å². The van der Waals surface area contributed by atoms with Crippen molar-refractivity contribution in [2.75, 3.05) is 16.8 Å². The van der Waals surface area contributed by atoms with E-state index in [0.29, 0.717) is 30.4 Å². The summed E-state index contributed by atoms with van der Waals surface area (Å²) in [4.78, 5) is 23.5. The first-order chi connectivity index (χ1) is 13.1. The molecule has 138 valence electrons. The fraction of sp³-hybridized carbons (Fsp3) is 0.227. The highest BCUT2D eigenvalue weighted by Crippen LogP contribution is 2.17. The zero-order chi connectivity index (χ0) is 19.2. The largest absolute Gasteiger partial charge is 0.366 e. The molecule has 0 aliphatic heterocycles. The van der Waals surface area contributed by atoms with Crippen molar-refractivity contribution in [3.8, 4) is 0 Å². The lowest BCUT2D eigenvalue weighted by Crippen LogP contribution is -2.31. The van der Waals surface area contributed by atoms with Gasteiger partial charge in [-0.2, -0.15) is 0 Å². The third-order valence-corrected chi connectivity index (χ3v) is 4.28. The van der Waals surface area contributed by atoms with Gasteiger partial charge in [0.05, 0.1) is 0 Å². The van der Waals surface area contributed by atoms with E-state index in [0.717, 1.165) is 11.3 Å². The minimum Gasteiger partial charge on any atom is -0.366 e. The maximum atomic E-state index is 13.0. The van der Waals surface area contributed by atoms with Gasteiger partial charge in [-0.15, -0.1) is 0 Å². The number of rotatable bonds is 6. The van der Waals surface area contributed by atoms with Crippen molar-refractivity contribution in [2.45, 2.75) is 27.3 Å². The monoisotopic (exact) mass is 360 g/mol. The zero-order valence-electron chi connectivity index (χ0n) is 15.9. The fourth-order valence-electron chi connectivity index (χ4n) is 2.86. The molecular weight excluding hydrogens is 336 g/mol. The molecule has 1 aromatic heterocycles. The van der Waals surface area contributed by atoms with Crippen molar-refractivity contribution in [1.29, 1.82) is 0 Å². The first kappa shape index (κ1) is 18.6. The number of carbonyl (C=O) groups excluding carboxylic acids is 1. The van der Waals surface area contributed by atoms with E-state index in [2.05, 4.69) is 46.5 Å². The molecule has 0 unspecified atom stereocenters. The van der Waals surface area contributed by atoms with Crippen LogP contribution in [-0.2, 0) is 6.54 Å². The van der Waals surface area contributed by atoms with Crippen LogP contribution in [0.2, 0.25) is 0 Å². The van der Waals surface area contributed by atoms with Gasteiger partial charge in [0.2, 0.25) is 0 Å². The van der Waals surface area contributed by atoms with E-state index in [1.807, 2.05) is 37.3 Å². The van der Waals surface area contributed by atoms with Gasteiger partial charge in [0, 0.05) is 24.8 Å². The number of para-hydroxylation sites is 1. The topological polar surface area (TPSA) is 58.1 Å². The van der Waals surface area contributed by atoms with E-state index < -0.39 is 0 Å². The fourth-order valence-corrected chi connectivity index (χ4v) is 2.86. The normalized spacial score (nSPS) is 10.5. The summed E-state index contributed by atoms with van der Waals surface area (Å²) in [5, 5.41) is 3.29. The number of carbonyl (C=O) groups is 1. The van der Waals surface area contributed by atoms with Crippen molar-refractivity contribution in [3.63, 3.8) is 0 Å². The Hall–Kier alpha value is -3.21. The summed E-state index contributed by atoms with van der Waals surface area (Å²) in [6.45, 7) is 7.02. The predicted octanol–water partition coefficient (Wildman–Crippen LogP) is 4.37. The molecular formula is C22H24N4O. The van der Waals surface area contributed by atoms with Crippen molar-refractivity contribution >= 4 is 17.4 Å². The van der Waals surface area contributed by atoms with Crippen molar-refractivity contribution in [2.24, 2.45) is 0 Å². The molecule has 3 rings (SSSR count). The molecule has 27 heavy (non-hydrogen) atoms. The highest BCUT2D eigenvalue weighted by Gasteiger charge is 2.18. The Balaban J connectivity index is 1.79. The van der Waals surface area contributed by atoms with E-state index in [9.17, 15) is 4.79 Å². The average molecular weight is 360 g/mol. The van der Waals surface area contributed by atoms with Crippen molar-refractivity contribution < 1.29 is 4.79 Å². The zero-order valence-corrected chi connectivity index (χ0v) is 15.9. The average Bonchev–Trinajstić information content (AvgIpc) is 2.68. The highest BCUT2D eigenvalue weighted by atomic mass is 16.2. The van der Waals surface area contributed by atoms with E-state index in [4.69, 9.17) is 0 Å². The molecule has 0 bridgehead atoms. The number of amides is 1. The first-order valence-corrected chi connectivity index (χ1v) is 9.09. The van der Waals surface area contributed by atoms with E-state index >= 15 is 0 Å². The highest BCUT2D eigenvalue weighted by molar-refractivity contribution is 6.05. The van der Waals surface area contributed by atoms with Crippen LogP contribution < -0.4 is 10.2 Å². The van der Waals surface area contributed by atoms with Crippen LogP contribution in [-0.4, -0.2) is 22.4 Å². The molecule has 5 heteroatoms. The Labute approximate surface area is 160 Å². The van der Waals surface area contributed by atoms with Gasteiger partial charge in [0.1, 0.15) is 17.3 Å². The smallest absolute Gasteiger partial charge is 0.277 e. The molecule has 0 aliphatic carbocycles. The Bertz CT molecular complexity index is 907. The second-order valence-electron chi connectivity index (χ2n) is 6.41. The molecule has 0 saturated heterocycles. The number of hydrogen-bond donors (Lipinski definition) is 1. The van der Waals surface area contributed by atoms with Gasteiger partial charge in [-0.25, -0.2) is 9.97 Å². The standard InChI is InChI=1S/C22H24N4O/c1-4-26(19-8-6-5-7-9-19)22(27)20-14-21(25-17(3)24-20)23-15-18-12-10-16(2)11-13-18/h5-14H,4,15H2,1-3H3,(H,23,24,25). The molecule has 1 N–H and O–H groups in total. The first-order valence-electron chi connectivity index (χ1n) is 9.09. The van der Waals surface area contributed by atoms with Crippen molar-refractivity contribution in [3.05, 3.63) is 83.3 Å². The molecule has 0 atom stereocenters. The van der Waals surface area contributed by atoms with Crippen LogP contribution in [0.25, 0.3) is 0 Å². The Morgan fingerprint density at radius 2 is 1.70 bits per heavy atom. The van der Waals surface area contributed by atoms with Crippen molar-refractivity contribution in [1.82, 2.24) is 9.97 Å². The summed E-state index contributed by atoms with van der Waals surface area (Å²) in [5.74, 6) is 1.08. The lowest BCUT2D eigenvalue weighted by atomic mass is 10.1. The Morgan fingerprint density at radius 3 is 2.37 bits per heavy atom. The van der Waals surface area contributed by atoms with Crippen LogP contribution in [0.1, 0.15) is 34.4 Å². The lowest BCUT2D eigenvalue weighted by Gasteiger charge is -2.21. The van der Waals surface area contributed by atoms with Crippen LogP contribution in [0.3, 0.4) is 0 Å². The lowest BCUT2D eigenvalue weighted by molar-refractivity contribution is 0.0983. The van der Waals surface area contributed by atoms with Gasteiger partial charge in [0.25, 0.3) is 5.91 Å². The number of aromatic nitrogens is 2. The number of anilines is 2. The Morgan fingerprint density at radius 1 is 1.00 bits per heavy atom. The Kier molecular flexibility index (Phi) is 5.81. The number of aryl methyl sites for hydroxylation is 2. The van der Waals surface area contributed by atoms with Crippen LogP contribution in [0.4, 0.5) is 11.5 Å². The molecule has 2 aromatic carbocycles. The van der Waals surface area contributed by atoms with Gasteiger partial charge < -0.3 is 10.2 Å². The molecule has 1 amide bonds. The number of nitrogens with zero attached hydrogens (tertiary/aromatic N) is 3. The van der Waals surface area contributed by atoms with Crippen LogP contribution in [0, 0.1) is 13.8 Å². The number of nitrogens with one attached hydrogen (secondary N) is 1. The van der Waals surface area contributed by atoms with Gasteiger partial charge >= 0.3 is 0 Å². The third kappa shape index (κ3) is 4.70. The van der Waals surface area contributed by atoms with Crippen LogP contribution in [0.5, 0.6) is 0 Å². The molecule has 0 fully saturated rings. The maximum Gasteiger partial charge on any atom is 0.277 e. The number of benzene rings is 2. The molecule has 0 aliphatic rings. The summed E-state index contributed by atoms with van der Waals surface area (Å²) < 4.78 is 0. The summed E-state index contributed by atoms with van der Waals surface area (Å²) in [7, 11) is 0. The second kappa shape index (κ2) is 8.45. The molecule has 5 nitrogen and oxygen atoms in total. The molecule has 1 heterocycles. The van der Waals surface area contributed by atoms with Gasteiger partial charge in [-0.1, -0.05) is 48.0 Å². The van der Waals surface area contributed by atoms with E-state index in [1.165, 1.54) is 5.56 Å². The molecule has 3 aromatic rings. The summed E-state index contributed by atoms with van der Waals surface area (Å²) in [6, 6.07) is 19.7. The minimum absolute atomic E-state index is 0.132. The molecule has 0 saturated carbocycles.